The molecule has 2 fully saturated rings. The van der Waals surface area contributed by atoms with Crippen LogP contribution in [0.5, 0.6) is 0 Å². The number of piperidine rings is 1. The molecule has 3 rings (SSSR count). The van der Waals surface area contributed by atoms with Crippen molar-refractivity contribution in [2.24, 2.45) is 0 Å². The summed E-state index contributed by atoms with van der Waals surface area (Å²) >= 11 is 0. The van der Waals surface area contributed by atoms with Crippen molar-refractivity contribution >= 4 is 16.6 Å². The third-order valence-electron chi connectivity index (χ3n) is 5.24. The van der Waals surface area contributed by atoms with Crippen molar-refractivity contribution in [2.75, 3.05) is 23.7 Å². The largest absolute Gasteiger partial charge is 0.357 e. The highest BCUT2D eigenvalue weighted by atomic mass is 32.2. The van der Waals surface area contributed by atoms with E-state index in [-0.39, 0.29) is 0 Å². The first-order chi connectivity index (χ1) is 11.3. The van der Waals surface area contributed by atoms with Gasteiger partial charge in [-0.25, -0.2) is 4.98 Å². The summed E-state index contributed by atoms with van der Waals surface area (Å²) in [5, 5.41) is 4.22. The van der Waals surface area contributed by atoms with E-state index >= 15 is 0 Å². The van der Waals surface area contributed by atoms with Crippen LogP contribution in [0.3, 0.4) is 0 Å². The van der Waals surface area contributed by atoms with E-state index in [4.69, 9.17) is 0 Å². The molecule has 4 nitrogen and oxygen atoms in total. The third kappa shape index (κ3) is 4.32. The molecule has 1 saturated heterocycles. The summed E-state index contributed by atoms with van der Waals surface area (Å²) in [7, 11) is -0.667. The number of nitrogens with one attached hydrogen (secondary N) is 1. The van der Waals surface area contributed by atoms with Crippen molar-refractivity contribution < 1.29 is 4.21 Å². The lowest BCUT2D eigenvalue weighted by atomic mass is 9.93. The van der Waals surface area contributed by atoms with E-state index in [1.807, 2.05) is 19.2 Å². The predicted molar refractivity (Wildman–Crippen MR) is 97.3 cm³/mol. The fraction of sp³-hybridized carbons (Fsp3) is 0.722. The number of hydrogen-bond donors (Lipinski definition) is 1. The quantitative estimate of drug-likeness (QED) is 0.899. The number of hydrogen-bond acceptors (Lipinski definition) is 4. The summed E-state index contributed by atoms with van der Waals surface area (Å²) < 4.78 is 12.3. The minimum absolute atomic E-state index is 0.363. The molecule has 0 unspecified atom stereocenters. The molecular weight excluding hydrogens is 306 g/mol. The van der Waals surface area contributed by atoms with E-state index in [0.717, 1.165) is 43.9 Å². The Morgan fingerprint density at radius 3 is 2.70 bits per heavy atom. The van der Waals surface area contributed by atoms with Gasteiger partial charge in [-0.1, -0.05) is 25.8 Å². The van der Waals surface area contributed by atoms with Crippen LogP contribution in [-0.2, 0) is 10.8 Å². The van der Waals surface area contributed by atoms with Gasteiger partial charge in [-0.2, -0.15) is 0 Å². The van der Waals surface area contributed by atoms with Gasteiger partial charge in [-0.15, -0.1) is 0 Å². The third-order valence-corrected chi connectivity index (χ3v) is 7.05. The van der Waals surface area contributed by atoms with Gasteiger partial charge in [0.05, 0.1) is 5.25 Å². The summed E-state index contributed by atoms with van der Waals surface area (Å²) in [5.41, 5.74) is 0. The van der Waals surface area contributed by atoms with Crippen molar-refractivity contribution in [3.05, 3.63) is 24.4 Å². The molecule has 0 amide bonds. The molecule has 1 aliphatic carbocycles. The van der Waals surface area contributed by atoms with Crippen LogP contribution >= 0.6 is 0 Å². The molecule has 5 heteroatoms. The number of pyridine rings is 1. The maximum absolute atomic E-state index is 12.3. The molecule has 0 aromatic carbocycles. The van der Waals surface area contributed by atoms with Crippen molar-refractivity contribution in [3.8, 4) is 0 Å². The minimum atomic E-state index is -0.667. The second-order valence-electron chi connectivity index (χ2n) is 6.71. The molecule has 2 aliphatic rings. The lowest BCUT2D eigenvalue weighted by molar-refractivity contribution is 0.311. The zero-order chi connectivity index (χ0) is 16.1. The zero-order valence-electron chi connectivity index (χ0n) is 14.1. The summed E-state index contributed by atoms with van der Waals surface area (Å²) in [4.78, 5) is 6.83. The molecule has 23 heavy (non-hydrogen) atoms. The van der Waals surface area contributed by atoms with Crippen LogP contribution in [0.15, 0.2) is 24.4 Å². The Morgan fingerprint density at radius 1 is 1.22 bits per heavy atom. The molecule has 0 spiro atoms. The molecule has 0 radical (unpaired) electrons. The maximum Gasteiger partial charge on any atom is 0.128 e. The molecule has 1 N–H and O–H groups in total. The SMILES string of the molecule is CC[S@@](=O)[C@H]1CCCC[C@@H]1NC1CCN(c2ccccn2)CC1. The summed E-state index contributed by atoms with van der Waals surface area (Å²) in [5.74, 6) is 1.88. The van der Waals surface area contributed by atoms with Crippen molar-refractivity contribution in [1.82, 2.24) is 10.3 Å². The smallest absolute Gasteiger partial charge is 0.128 e. The first-order valence-electron chi connectivity index (χ1n) is 9.07. The molecule has 2 heterocycles. The second kappa shape index (κ2) is 8.25. The van der Waals surface area contributed by atoms with Crippen LogP contribution in [-0.4, -0.2) is 45.4 Å². The lowest BCUT2D eigenvalue weighted by Crippen LogP contribution is -2.52. The molecule has 3 atom stereocenters. The Balaban J connectivity index is 1.52. The Morgan fingerprint density at radius 2 is 2.00 bits per heavy atom. The number of anilines is 1. The fourth-order valence-corrected chi connectivity index (χ4v) is 5.37. The number of aromatic nitrogens is 1. The number of rotatable bonds is 5. The molecule has 1 saturated carbocycles. The highest BCUT2D eigenvalue weighted by Gasteiger charge is 2.31. The van der Waals surface area contributed by atoms with E-state index in [9.17, 15) is 4.21 Å². The lowest BCUT2D eigenvalue weighted by Gasteiger charge is -2.38. The van der Waals surface area contributed by atoms with Gasteiger partial charge in [-0.3, -0.25) is 4.21 Å². The molecule has 1 aromatic heterocycles. The highest BCUT2D eigenvalue weighted by Crippen LogP contribution is 2.25. The highest BCUT2D eigenvalue weighted by molar-refractivity contribution is 7.85. The van der Waals surface area contributed by atoms with Crippen LogP contribution < -0.4 is 10.2 Å². The van der Waals surface area contributed by atoms with Gasteiger partial charge in [-0.05, 0) is 37.8 Å². The van der Waals surface area contributed by atoms with Crippen LogP contribution in [0.4, 0.5) is 5.82 Å². The average molecular weight is 336 g/mol. The maximum atomic E-state index is 12.3. The van der Waals surface area contributed by atoms with Crippen LogP contribution in [0.1, 0.15) is 45.4 Å². The van der Waals surface area contributed by atoms with E-state index in [1.165, 1.54) is 19.3 Å². The van der Waals surface area contributed by atoms with E-state index in [2.05, 4.69) is 27.3 Å². The summed E-state index contributed by atoms with van der Waals surface area (Å²) in [6.45, 7) is 4.17. The van der Waals surface area contributed by atoms with Gasteiger partial charge in [0.15, 0.2) is 0 Å². The van der Waals surface area contributed by atoms with Crippen molar-refractivity contribution in [3.63, 3.8) is 0 Å². The molecule has 1 aromatic rings. The Labute approximate surface area is 142 Å². The van der Waals surface area contributed by atoms with Gasteiger partial charge in [0.2, 0.25) is 0 Å². The van der Waals surface area contributed by atoms with Gasteiger partial charge < -0.3 is 10.2 Å². The number of nitrogens with zero attached hydrogens (tertiary/aromatic N) is 2. The first kappa shape index (κ1) is 16.9. The van der Waals surface area contributed by atoms with E-state index in [1.54, 1.807) is 0 Å². The fourth-order valence-electron chi connectivity index (χ4n) is 3.94. The minimum Gasteiger partial charge on any atom is -0.357 e. The van der Waals surface area contributed by atoms with E-state index < -0.39 is 10.8 Å². The average Bonchev–Trinajstić information content (AvgIpc) is 2.63. The Kier molecular flexibility index (Phi) is 6.06. The second-order valence-corrected chi connectivity index (χ2v) is 8.66. The van der Waals surface area contributed by atoms with E-state index in [0.29, 0.717) is 17.3 Å². The molecular formula is C18H29N3OS. The standard InChI is InChI=1S/C18H29N3OS/c1-2-23(22)17-8-4-3-7-16(17)20-15-10-13-21(14-11-15)18-9-5-6-12-19-18/h5-6,9,12,15-17,20H,2-4,7-8,10-11,13-14H2,1H3/t16-,17-,23+/m0/s1. The summed E-state index contributed by atoms with van der Waals surface area (Å²) in [6.07, 6.45) is 9.01. The van der Waals surface area contributed by atoms with Crippen LogP contribution in [0.25, 0.3) is 0 Å². The first-order valence-corrected chi connectivity index (χ1v) is 10.5. The Hall–Kier alpha value is -0.940. The molecule has 128 valence electrons. The van der Waals surface area contributed by atoms with Gasteiger partial charge in [0.25, 0.3) is 0 Å². The zero-order valence-corrected chi connectivity index (χ0v) is 14.9. The predicted octanol–water partition coefficient (Wildman–Crippen LogP) is 2.72. The topological polar surface area (TPSA) is 45.2 Å². The molecule has 0 bridgehead atoms. The van der Waals surface area contributed by atoms with Crippen LogP contribution in [0.2, 0.25) is 0 Å². The van der Waals surface area contributed by atoms with Crippen LogP contribution in [0, 0.1) is 0 Å². The van der Waals surface area contributed by atoms with Gasteiger partial charge in [0, 0.05) is 47.9 Å². The normalized spacial score (nSPS) is 27.8. The van der Waals surface area contributed by atoms with Crippen molar-refractivity contribution in [1.29, 1.82) is 0 Å². The Bertz CT molecular complexity index is 502. The molecule has 1 aliphatic heterocycles. The van der Waals surface area contributed by atoms with Gasteiger partial charge in [0.1, 0.15) is 5.82 Å². The van der Waals surface area contributed by atoms with Gasteiger partial charge >= 0.3 is 0 Å². The summed E-state index contributed by atoms with van der Waals surface area (Å²) in [6, 6.07) is 7.13. The monoisotopic (exact) mass is 335 g/mol. The van der Waals surface area contributed by atoms with Crippen molar-refractivity contribution in [2.45, 2.75) is 62.8 Å².